The average molecular weight is 284 g/mol. The summed E-state index contributed by atoms with van der Waals surface area (Å²) in [5.74, 6) is 0.0541. The molecule has 0 radical (unpaired) electrons. The smallest absolute Gasteiger partial charge is 0.179 e. The van der Waals surface area contributed by atoms with E-state index in [1.807, 2.05) is 18.5 Å². The number of aromatic nitrogens is 4. The highest BCUT2D eigenvalue weighted by Crippen LogP contribution is 2.26. The first kappa shape index (κ1) is 11.7. The maximum absolute atomic E-state index is 11.5. The molecule has 0 amide bonds. The third-order valence-corrected chi connectivity index (χ3v) is 4.79. The average Bonchev–Trinajstić information content (AvgIpc) is 2.85. The quantitative estimate of drug-likeness (QED) is 0.799. The number of nitrogens with one attached hydrogen (secondary N) is 1. The predicted molar refractivity (Wildman–Crippen MR) is 70.6 cm³/mol. The van der Waals surface area contributed by atoms with Gasteiger partial charge in [-0.1, -0.05) is 0 Å². The van der Waals surface area contributed by atoms with Gasteiger partial charge >= 0.3 is 0 Å². The van der Waals surface area contributed by atoms with Crippen molar-refractivity contribution < 1.29 is 8.42 Å². The van der Waals surface area contributed by atoms with Gasteiger partial charge in [-0.3, -0.25) is 9.25 Å². The minimum absolute atomic E-state index is 0.0541. The Morgan fingerprint density at radius 1 is 1.56 bits per heavy atom. The van der Waals surface area contributed by atoms with Gasteiger partial charge in [0.05, 0.1) is 17.5 Å². The van der Waals surface area contributed by atoms with Crippen molar-refractivity contribution in [2.45, 2.75) is 13.0 Å². The van der Waals surface area contributed by atoms with Gasteiger partial charge in [-0.15, -0.1) is 0 Å². The van der Waals surface area contributed by atoms with Crippen LogP contribution in [0.3, 0.4) is 0 Å². The van der Waals surface area contributed by atoms with Crippen molar-refractivity contribution in [3.63, 3.8) is 0 Å². The molecule has 0 fully saturated rings. The molecular weight excluding hydrogens is 272 g/mol. The van der Waals surface area contributed by atoms with Gasteiger partial charge in [0.15, 0.2) is 20.3 Å². The number of H-pyrrole nitrogens is 1. The fourth-order valence-corrected chi connectivity index (χ4v) is 3.95. The third kappa shape index (κ3) is 1.56. The van der Waals surface area contributed by atoms with E-state index >= 15 is 0 Å². The summed E-state index contributed by atoms with van der Waals surface area (Å²) in [6.45, 7) is 1.89. The van der Waals surface area contributed by atoms with Crippen LogP contribution >= 0.6 is 12.2 Å². The van der Waals surface area contributed by atoms with Gasteiger partial charge in [-0.05, 0) is 25.2 Å². The van der Waals surface area contributed by atoms with Crippen LogP contribution in [0.4, 0.5) is 0 Å². The zero-order chi connectivity index (χ0) is 13.1. The van der Waals surface area contributed by atoms with E-state index in [4.69, 9.17) is 12.2 Å². The summed E-state index contributed by atoms with van der Waals surface area (Å²) >= 11 is 5.28. The molecule has 0 saturated carbocycles. The number of imidazole rings is 1. The lowest BCUT2D eigenvalue weighted by Gasteiger charge is -2.10. The molecule has 0 bridgehead atoms. The zero-order valence-corrected chi connectivity index (χ0v) is 11.5. The summed E-state index contributed by atoms with van der Waals surface area (Å²) in [4.78, 5) is 3.09. The zero-order valence-electron chi connectivity index (χ0n) is 9.91. The summed E-state index contributed by atoms with van der Waals surface area (Å²) in [5, 5.41) is 5.56. The van der Waals surface area contributed by atoms with Crippen molar-refractivity contribution in [3.8, 4) is 0 Å². The van der Waals surface area contributed by atoms with E-state index in [0.717, 1.165) is 16.9 Å². The summed E-state index contributed by atoms with van der Waals surface area (Å²) in [7, 11) is -1.28. The SMILES string of the molecule is Cc1nn(C)c2c1[nH]c(=S)n2C1C=CS(=O)(=O)C1. The number of hydrogen-bond donors (Lipinski definition) is 1. The van der Waals surface area contributed by atoms with E-state index in [-0.39, 0.29) is 11.8 Å². The number of aromatic amines is 1. The van der Waals surface area contributed by atoms with Crippen LogP contribution in [-0.2, 0) is 16.9 Å². The van der Waals surface area contributed by atoms with Crippen molar-refractivity contribution in [1.82, 2.24) is 19.3 Å². The number of aryl methyl sites for hydroxylation is 2. The molecule has 18 heavy (non-hydrogen) atoms. The van der Waals surface area contributed by atoms with Gasteiger partial charge in [0.2, 0.25) is 0 Å². The van der Waals surface area contributed by atoms with Crippen LogP contribution < -0.4 is 0 Å². The molecular formula is C10H12N4O2S2. The first-order valence-electron chi connectivity index (χ1n) is 5.44. The maximum Gasteiger partial charge on any atom is 0.179 e. The summed E-state index contributed by atoms with van der Waals surface area (Å²) in [6, 6.07) is -0.258. The van der Waals surface area contributed by atoms with E-state index in [0.29, 0.717) is 4.77 Å². The molecule has 2 aromatic heterocycles. The Balaban J connectivity index is 2.27. The normalized spacial score (nSPS) is 22.0. The second kappa shape index (κ2) is 3.55. The second-order valence-corrected chi connectivity index (χ2v) is 6.75. The van der Waals surface area contributed by atoms with E-state index < -0.39 is 9.84 Å². The van der Waals surface area contributed by atoms with Crippen molar-refractivity contribution in [2.75, 3.05) is 5.75 Å². The summed E-state index contributed by atoms with van der Waals surface area (Å²) < 4.78 is 27.1. The highest BCUT2D eigenvalue weighted by molar-refractivity contribution is 7.94. The standard InChI is InChI=1S/C10H12N4O2S2/c1-6-8-9(13(2)12-6)14(10(17)11-8)7-3-4-18(15,16)5-7/h3-4,7H,5H2,1-2H3,(H,11,17). The van der Waals surface area contributed by atoms with E-state index in [1.54, 1.807) is 10.8 Å². The Labute approximate surface area is 109 Å². The minimum Gasteiger partial charge on any atom is -0.328 e. The lowest BCUT2D eigenvalue weighted by Crippen LogP contribution is -2.13. The van der Waals surface area contributed by atoms with Gasteiger partial charge in [-0.2, -0.15) is 5.10 Å². The molecule has 1 unspecified atom stereocenters. The molecule has 8 heteroatoms. The Kier molecular flexibility index (Phi) is 2.30. The van der Waals surface area contributed by atoms with E-state index in [1.165, 1.54) is 5.41 Å². The Morgan fingerprint density at radius 3 is 2.89 bits per heavy atom. The molecule has 96 valence electrons. The summed E-state index contributed by atoms with van der Waals surface area (Å²) in [6.07, 6.45) is 1.67. The molecule has 0 saturated heterocycles. The summed E-state index contributed by atoms with van der Waals surface area (Å²) in [5.41, 5.74) is 2.53. The number of allylic oxidation sites excluding steroid dienone is 1. The molecule has 2 aromatic rings. The first-order valence-corrected chi connectivity index (χ1v) is 7.56. The molecule has 3 rings (SSSR count). The first-order chi connectivity index (χ1) is 8.39. The molecule has 1 aliphatic rings. The molecule has 0 spiro atoms. The van der Waals surface area contributed by atoms with Crippen LogP contribution in [0.15, 0.2) is 11.5 Å². The minimum atomic E-state index is -3.10. The van der Waals surface area contributed by atoms with Crippen LogP contribution in [0.1, 0.15) is 11.7 Å². The van der Waals surface area contributed by atoms with Crippen LogP contribution in [0, 0.1) is 11.7 Å². The Bertz CT molecular complexity index is 822. The lowest BCUT2D eigenvalue weighted by molar-refractivity contribution is 0.590. The van der Waals surface area contributed by atoms with Crippen LogP contribution in [-0.4, -0.2) is 33.5 Å². The maximum atomic E-state index is 11.5. The largest absolute Gasteiger partial charge is 0.328 e. The number of fused-ring (bicyclic) bond motifs is 1. The molecule has 6 nitrogen and oxygen atoms in total. The van der Waals surface area contributed by atoms with Crippen molar-refractivity contribution in [3.05, 3.63) is 21.9 Å². The van der Waals surface area contributed by atoms with Gasteiger partial charge < -0.3 is 4.98 Å². The molecule has 0 aliphatic carbocycles. The van der Waals surface area contributed by atoms with Crippen molar-refractivity contribution in [2.24, 2.45) is 7.05 Å². The topological polar surface area (TPSA) is 72.7 Å². The third-order valence-electron chi connectivity index (χ3n) is 3.11. The Morgan fingerprint density at radius 2 is 2.28 bits per heavy atom. The fraction of sp³-hybridized carbons (Fsp3) is 0.400. The number of rotatable bonds is 1. The number of nitrogens with zero attached hydrogens (tertiary/aromatic N) is 3. The lowest BCUT2D eigenvalue weighted by atomic mass is 10.3. The molecule has 1 atom stereocenters. The van der Waals surface area contributed by atoms with Gasteiger partial charge in [-0.25, -0.2) is 8.42 Å². The monoisotopic (exact) mass is 284 g/mol. The van der Waals surface area contributed by atoms with Gasteiger partial charge in [0.25, 0.3) is 0 Å². The molecule has 0 aromatic carbocycles. The fourth-order valence-electron chi connectivity index (χ4n) is 2.36. The number of sulfone groups is 1. The van der Waals surface area contributed by atoms with E-state index in [2.05, 4.69) is 10.1 Å². The van der Waals surface area contributed by atoms with Gasteiger partial charge in [0, 0.05) is 12.5 Å². The number of hydrogen-bond acceptors (Lipinski definition) is 4. The molecule has 1 aliphatic heterocycles. The van der Waals surface area contributed by atoms with Crippen LogP contribution in [0.2, 0.25) is 0 Å². The second-order valence-electron chi connectivity index (χ2n) is 4.43. The molecule has 3 heterocycles. The van der Waals surface area contributed by atoms with E-state index in [9.17, 15) is 8.42 Å². The van der Waals surface area contributed by atoms with Crippen molar-refractivity contribution >= 4 is 33.2 Å². The van der Waals surface area contributed by atoms with Crippen molar-refractivity contribution in [1.29, 1.82) is 0 Å². The van der Waals surface area contributed by atoms with Gasteiger partial charge in [0.1, 0.15) is 5.52 Å². The predicted octanol–water partition coefficient (Wildman–Crippen LogP) is 1.22. The Hall–Kier alpha value is -1.41. The molecule has 1 N–H and O–H groups in total. The van der Waals surface area contributed by atoms with Crippen LogP contribution in [0.5, 0.6) is 0 Å². The van der Waals surface area contributed by atoms with Crippen LogP contribution in [0.25, 0.3) is 11.2 Å². The highest BCUT2D eigenvalue weighted by Gasteiger charge is 2.26. The highest BCUT2D eigenvalue weighted by atomic mass is 32.2.